The number of rotatable bonds is 8. The first-order valence-corrected chi connectivity index (χ1v) is 9.80. The Balaban J connectivity index is 1.68. The lowest BCUT2D eigenvalue weighted by atomic mass is 10.1. The number of benzene rings is 2. The van der Waals surface area contributed by atoms with E-state index in [0.717, 1.165) is 22.4 Å². The molecule has 0 fully saturated rings. The van der Waals surface area contributed by atoms with E-state index < -0.39 is 23.7 Å². The van der Waals surface area contributed by atoms with E-state index in [4.69, 9.17) is 4.74 Å². The van der Waals surface area contributed by atoms with Crippen LogP contribution in [0, 0.1) is 5.82 Å². The zero-order valence-corrected chi connectivity index (χ0v) is 16.4. The molecule has 0 saturated carbocycles. The monoisotopic (exact) mass is 414 g/mol. The van der Waals surface area contributed by atoms with Crippen LogP contribution in [0.3, 0.4) is 0 Å². The third kappa shape index (κ3) is 5.17. The van der Waals surface area contributed by atoms with Gasteiger partial charge in [-0.25, -0.2) is 14.2 Å². The highest BCUT2D eigenvalue weighted by Crippen LogP contribution is 2.26. The van der Waals surface area contributed by atoms with Crippen LogP contribution in [0.4, 0.5) is 4.39 Å². The zero-order chi connectivity index (χ0) is 20.8. The first kappa shape index (κ1) is 20.5. The Bertz CT molecular complexity index is 1000. The Morgan fingerprint density at radius 1 is 1.21 bits per heavy atom. The van der Waals surface area contributed by atoms with Crippen molar-refractivity contribution in [3.8, 4) is 16.3 Å². The van der Waals surface area contributed by atoms with Gasteiger partial charge in [0.2, 0.25) is 5.91 Å². The lowest BCUT2D eigenvalue weighted by molar-refractivity contribution is -0.142. The smallest absolute Gasteiger partial charge is 0.331 e. The molecule has 0 spiro atoms. The summed E-state index contributed by atoms with van der Waals surface area (Å²) in [5.74, 6) is -1.81. The van der Waals surface area contributed by atoms with Crippen LogP contribution in [0.1, 0.15) is 24.2 Å². The van der Waals surface area contributed by atoms with Crippen LogP contribution in [0.25, 0.3) is 10.6 Å². The summed E-state index contributed by atoms with van der Waals surface area (Å²) >= 11 is 1.38. The number of carbonyl (C=O) groups is 2. The van der Waals surface area contributed by atoms with Gasteiger partial charge in [-0.2, -0.15) is 0 Å². The molecule has 3 rings (SSSR count). The molecule has 0 aliphatic carbocycles. The van der Waals surface area contributed by atoms with Crippen molar-refractivity contribution in [3.05, 3.63) is 71.0 Å². The summed E-state index contributed by atoms with van der Waals surface area (Å²) in [7, 11) is 0. The SMILES string of the molecule is CCOc1ccc(-c2nc(CC(=O)NC(C(=O)O)c3ccccc3F)cs2)cc1. The Kier molecular flexibility index (Phi) is 6.56. The predicted molar refractivity (Wildman–Crippen MR) is 107 cm³/mol. The van der Waals surface area contributed by atoms with Crippen LogP contribution in [-0.4, -0.2) is 28.6 Å². The topological polar surface area (TPSA) is 88.5 Å². The molecule has 1 unspecified atom stereocenters. The Morgan fingerprint density at radius 3 is 2.59 bits per heavy atom. The van der Waals surface area contributed by atoms with Crippen molar-refractivity contribution in [2.75, 3.05) is 6.61 Å². The quantitative estimate of drug-likeness (QED) is 0.585. The summed E-state index contributed by atoms with van der Waals surface area (Å²) in [6.07, 6.45) is -0.105. The molecule has 0 bridgehead atoms. The molecule has 2 aromatic carbocycles. The number of aromatic nitrogens is 1. The predicted octanol–water partition coefficient (Wildman–Crippen LogP) is 3.83. The van der Waals surface area contributed by atoms with Gasteiger partial charge < -0.3 is 15.2 Å². The molecule has 1 aromatic heterocycles. The molecular formula is C21H19FN2O4S. The molecule has 150 valence electrons. The molecule has 29 heavy (non-hydrogen) atoms. The van der Waals surface area contributed by atoms with Crippen molar-refractivity contribution < 1.29 is 23.8 Å². The summed E-state index contributed by atoms with van der Waals surface area (Å²) in [4.78, 5) is 28.3. The molecule has 6 nitrogen and oxygen atoms in total. The minimum absolute atomic E-state index is 0.0956. The lowest BCUT2D eigenvalue weighted by Gasteiger charge is -2.15. The number of amides is 1. The normalized spacial score (nSPS) is 11.7. The molecule has 2 N–H and O–H groups in total. The van der Waals surface area contributed by atoms with E-state index in [-0.39, 0.29) is 12.0 Å². The van der Waals surface area contributed by atoms with Gasteiger partial charge in [0.15, 0.2) is 6.04 Å². The number of carboxylic acid groups (broad SMARTS) is 1. The number of nitrogens with one attached hydrogen (secondary N) is 1. The third-order valence-electron chi connectivity index (χ3n) is 4.07. The van der Waals surface area contributed by atoms with Crippen molar-refractivity contribution in [1.82, 2.24) is 10.3 Å². The molecule has 0 saturated heterocycles. The van der Waals surface area contributed by atoms with Crippen LogP contribution in [0.2, 0.25) is 0 Å². The fraction of sp³-hybridized carbons (Fsp3) is 0.190. The van der Waals surface area contributed by atoms with Crippen LogP contribution >= 0.6 is 11.3 Å². The van der Waals surface area contributed by atoms with E-state index in [2.05, 4.69) is 10.3 Å². The minimum Gasteiger partial charge on any atom is -0.494 e. The second-order valence-corrected chi connectivity index (χ2v) is 7.00. The zero-order valence-electron chi connectivity index (χ0n) is 15.6. The van der Waals surface area contributed by atoms with Gasteiger partial charge in [-0.15, -0.1) is 11.3 Å². The van der Waals surface area contributed by atoms with Crippen molar-refractivity contribution in [2.45, 2.75) is 19.4 Å². The fourth-order valence-corrected chi connectivity index (χ4v) is 3.57. The first-order chi connectivity index (χ1) is 14.0. The number of carboxylic acids is 1. The summed E-state index contributed by atoms with van der Waals surface area (Å²) in [5.41, 5.74) is 1.30. The van der Waals surface area contributed by atoms with Crippen LogP contribution in [0.15, 0.2) is 53.9 Å². The Labute approximate surface area is 171 Å². The summed E-state index contributed by atoms with van der Waals surface area (Å²) < 4.78 is 19.3. The highest BCUT2D eigenvalue weighted by molar-refractivity contribution is 7.13. The number of aliphatic carboxylic acids is 1. The third-order valence-corrected chi connectivity index (χ3v) is 5.01. The van der Waals surface area contributed by atoms with Gasteiger partial charge in [-0.3, -0.25) is 4.79 Å². The van der Waals surface area contributed by atoms with Gasteiger partial charge in [-0.05, 0) is 37.3 Å². The van der Waals surface area contributed by atoms with Gasteiger partial charge in [0.1, 0.15) is 16.6 Å². The van der Waals surface area contributed by atoms with Crippen LogP contribution in [0.5, 0.6) is 5.75 Å². The van der Waals surface area contributed by atoms with Gasteiger partial charge >= 0.3 is 5.97 Å². The number of thiazole rings is 1. The number of hydrogen-bond donors (Lipinski definition) is 2. The standard InChI is InChI=1S/C21H19FN2O4S/c1-2-28-15-9-7-13(8-10-15)20-23-14(12-29-20)11-18(25)24-19(21(26)27)16-5-3-4-6-17(16)22/h3-10,12,19H,2,11H2,1H3,(H,24,25)(H,26,27). The highest BCUT2D eigenvalue weighted by atomic mass is 32.1. The number of nitrogens with zero attached hydrogens (tertiary/aromatic N) is 1. The average molecular weight is 414 g/mol. The summed E-state index contributed by atoms with van der Waals surface area (Å²) in [5, 5.41) is 14.2. The van der Waals surface area contributed by atoms with E-state index in [1.807, 2.05) is 31.2 Å². The molecule has 1 atom stereocenters. The first-order valence-electron chi connectivity index (χ1n) is 8.92. The molecule has 1 amide bonds. The Hall–Kier alpha value is -3.26. The van der Waals surface area contributed by atoms with Gasteiger partial charge in [0.25, 0.3) is 0 Å². The minimum atomic E-state index is -1.46. The number of hydrogen-bond acceptors (Lipinski definition) is 5. The number of carbonyl (C=O) groups excluding carboxylic acids is 1. The molecule has 8 heteroatoms. The molecule has 1 heterocycles. The maximum Gasteiger partial charge on any atom is 0.331 e. The van der Waals surface area contributed by atoms with E-state index in [9.17, 15) is 19.1 Å². The van der Waals surface area contributed by atoms with Crippen molar-refractivity contribution >= 4 is 23.2 Å². The maximum absolute atomic E-state index is 13.9. The van der Waals surface area contributed by atoms with E-state index in [1.54, 1.807) is 5.38 Å². The molecular weight excluding hydrogens is 395 g/mol. The van der Waals surface area contributed by atoms with Crippen LogP contribution < -0.4 is 10.1 Å². The number of halogens is 1. The van der Waals surface area contributed by atoms with E-state index in [1.165, 1.54) is 29.5 Å². The average Bonchev–Trinajstić information content (AvgIpc) is 3.16. The maximum atomic E-state index is 13.9. The second kappa shape index (κ2) is 9.29. The second-order valence-electron chi connectivity index (χ2n) is 6.14. The van der Waals surface area contributed by atoms with Gasteiger partial charge in [0.05, 0.1) is 18.7 Å². The van der Waals surface area contributed by atoms with Gasteiger partial charge in [0, 0.05) is 16.5 Å². The van der Waals surface area contributed by atoms with Crippen molar-refractivity contribution in [3.63, 3.8) is 0 Å². The summed E-state index contributed by atoms with van der Waals surface area (Å²) in [6, 6.07) is 11.5. The lowest BCUT2D eigenvalue weighted by Crippen LogP contribution is -2.35. The molecule has 3 aromatic rings. The fourth-order valence-electron chi connectivity index (χ4n) is 2.74. The molecule has 0 radical (unpaired) electrons. The molecule has 0 aliphatic rings. The Morgan fingerprint density at radius 2 is 1.93 bits per heavy atom. The van der Waals surface area contributed by atoms with E-state index in [0.29, 0.717) is 12.3 Å². The van der Waals surface area contributed by atoms with Crippen molar-refractivity contribution in [2.24, 2.45) is 0 Å². The summed E-state index contributed by atoms with van der Waals surface area (Å²) in [6.45, 7) is 2.49. The van der Waals surface area contributed by atoms with Crippen LogP contribution in [-0.2, 0) is 16.0 Å². The molecule has 0 aliphatic heterocycles. The number of ether oxygens (including phenoxy) is 1. The van der Waals surface area contributed by atoms with E-state index >= 15 is 0 Å². The van der Waals surface area contributed by atoms with Crippen molar-refractivity contribution in [1.29, 1.82) is 0 Å². The largest absolute Gasteiger partial charge is 0.494 e. The highest BCUT2D eigenvalue weighted by Gasteiger charge is 2.25. The van der Waals surface area contributed by atoms with Gasteiger partial charge in [-0.1, -0.05) is 18.2 Å².